The van der Waals surface area contributed by atoms with Gasteiger partial charge in [-0.25, -0.2) is 0 Å². The summed E-state index contributed by atoms with van der Waals surface area (Å²) in [7, 11) is 0. The predicted octanol–water partition coefficient (Wildman–Crippen LogP) is 1.18. The van der Waals surface area contributed by atoms with Crippen LogP contribution in [0.15, 0.2) is 0 Å². The fourth-order valence-corrected chi connectivity index (χ4v) is 1.48. The lowest BCUT2D eigenvalue weighted by Gasteiger charge is -2.27. The Bertz CT molecular complexity index is 295. The summed E-state index contributed by atoms with van der Waals surface area (Å²) in [6.45, 7) is 15.0. The van der Waals surface area contributed by atoms with Crippen LogP contribution in [0.2, 0.25) is 0 Å². The summed E-state index contributed by atoms with van der Waals surface area (Å²) in [4.78, 5) is 23.8. The van der Waals surface area contributed by atoms with E-state index in [9.17, 15) is 9.59 Å². The van der Waals surface area contributed by atoms with Gasteiger partial charge in [0.2, 0.25) is 11.8 Å². The van der Waals surface area contributed by atoms with Crippen molar-refractivity contribution in [2.24, 2.45) is 0 Å². The first-order valence-electron chi connectivity index (χ1n) is 6.72. The minimum absolute atomic E-state index is 0.108. The van der Waals surface area contributed by atoms with Gasteiger partial charge < -0.3 is 10.6 Å². The number of rotatable bonds is 4. The Morgan fingerprint density at radius 1 is 0.737 bits per heavy atom. The van der Waals surface area contributed by atoms with Crippen molar-refractivity contribution in [3.63, 3.8) is 0 Å². The van der Waals surface area contributed by atoms with E-state index in [-0.39, 0.29) is 22.9 Å². The molecular weight excluding hydrogens is 242 g/mol. The Balaban J connectivity index is 4.36. The van der Waals surface area contributed by atoms with Crippen molar-refractivity contribution in [3.8, 4) is 0 Å². The van der Waals surface area contributed by atoms with Gasteiger partial charge in [-0.3, -0.25) is 14.9 Å². The van der Waals surface area contributed by atoms with Crippen LogP contribution in [0.25, 0.3) is 0 Å². The summed E-state index contributed by atoms with van der Waals surface area (Å²) >= 11 is 0. The summed E-state index contributed by atoms with van der Waals surface area (Å²) in [5.74, 6) is -0.217. The first kappa shape index (κ1) is 17.9. The molecule has 0 saturated heterocycles. The van der Waals surface area contributed by atoms with Crippen LogP contribution in [0.1, 0.15) is 55.4 Å². The Kier molecular flexibility index (Phi) is 6.00. The van der Waals surface area contributed by atoms with E-state index in [1.165, 1.54) is 0 Å². The van der Waals surface area contributed by atoms with Crippen molar-refractivity contribution in [1.82, 2.24) is 16.0 Å². The fourth-order valence-electron chi connectivity index (χ4n) is 1.48. The van der Waals surface area contributed by atoms with Gasteiger partial charge in [0.25, 0.3) is 0 Å². The standard InChI is InChI=1S/C14H29N3O2/c1-9(11(18)16-13(3,4)5)15-10(2)12(19)17-14(6,7)8/h9-10,15H,1-8H3,(H,16,18)(H,17,19). The van der Waals surface area contributed by atoms with Crippen LogP contribution in [0.3, 0.4) is 0 Å². The fraction of sp³-hybridized carbons (Fsp3) is 0.857. The number of carbonyl (C=O) groups excluding carboxylic acids is 2. The number of hydrogen-bond acceptors (Lipinski definition) is 3. The molecule has 0 aromatic carbocycles. The summed E-state index contributed by atoms with van der Waals surface area (Å²) in [6.07, 6.45) is 0. The van der Waals surface area contributed by atoms with Gasteiger partial charge in [-0.15, -0.1) is 0 Å². The van der Waals surface area contributed by atoms with Crippen molar-refractivity contribution in [2.45, 2.75) is 78.6 Å². The Labute approximate surface area is 116 Å². The molecule has 0 aliphatic carbocycles. The van der Waals surface area contributed by atoms with Gasteiger partial charge in [-0.1, -0.05) is 0 Å². The molecule has 2 atom stereocenters. The quantitative estimate of drug-likeness (QED) is 0.719. The van der Waals surface area contributed by atoms with Gasteiger partial charge in [0, 0.05) is 11.1 Å². The van der Waals surface area contributed by atoms with Crippen LogP contribution in [-0.2, 0) is 9.59 Å². The van der Waals surface area contributed by atoms with Crippen LogP contribution < -0.4 is 16.0 Å². The first-order chi connectivity index (χ1) is 8.32. The van der Waals surface area contributed by atoms with Crippen molar-refractivity contribution < 1.29 is 9.59 Å². The van der Waals surface area contributed by atoms with Gasteiger partial charge in [-0.2, -0.15) is 0 Å². The van der Waals surface area contributed by atoms with Crippen LogP contribution in [-0.4, -0.2) is 35.0 Å². The minimum atomic E-state index is -0.417. The summed E-state index contributed by atoms with van der Waals surface area (Å²) < 4.78 is 0. The summed E-state index contributed by atoms with van der Waals surface area (Å²) in [5.41, 5.74) is -0.548. The van der Waals surface area contributed by atoms with E-state index >= 15 is 0 Å². The molecular formula is C14H29N3O2. The Morgan fingerprint density at radius 2 is 1.00 bits per heavy atom. The summed E-state index contributed by atoms with van der Waals surface area (Å²) in [5, 5.41) is 8.76. The monoisotopic (exact) mass is 271 g/mol. The molecule has 3 N–H and O–H groups in total. The van der Waals surface area contributed by atoms with E-state index in [0.717, 1.165) is 0 Å². The average Bonchev–Trinajstić information content (AvgIpc) is 2.11. The molecule has 0 aliphatic rings. The molecule has 0 spiro atoms. The summed E-state index contributed by atoms with van der Waals surface area (Å²) in [6, 6.07) is -0.833. The number of carbonyl (C=O) groups is 2. The minimum Gasteiger partial charge on any atom is -0.350 e. The van der Waals surface area contributed by atoms with E-state index in [4.69, 9.17) is 0 Å². The van der Waals surface area contributed by atoms with Crippen molar-refractivity contribution in [2.75, 3.05) is 0 Å². The van der Waals surface area contributed by atoms with Crippen LogP contribution in [0, 0.1) is 0 Å². The maximum Gasteiger partial charge on any atom is 0.237 e. The Hall–Kier alpha value is -1.10. The second-order valence-electron chi connectivity index (χ2n) is 7.09. The first-order valence-corrected chi connectivity index (χ1v) is 6.72. The third-order valence-electron chi connectivity index (χ3n) is 2.28. The van der Waals surface area contributed by atoms with Crippen molar-refractivity contribution >= 4 is 11.8 Å². The Morgan fingerprint density at radius 3 is 1.21 bits per heavy atom. The molecule has 5 nitrogen and oxygen atoms in total. The lowest BCUT2D eigenvalue weighted by molar-refractivity contribution is -0.126. The molecule has 2 amide bonds. The SMILES string of the molecule is CC(NC(C)C(=O)NC(C)(C)C)C(=O)NC(C)(C)C. The highest BCUT2D eigenvalue weighted by molar-refractivity contribution is 5.85. The number of amides is 2. The maximum absolute atomic E-state index is 11.9. The largest absolute Gasteiger partial charge is 0.350 e. The van der Waals surface area contributed by atoms with Crippen molar-refractivity contribution in [1.29, 1.82) is 0 Å². The second kappa shape index (κ2) is 6.37. The van der Waals surface area contributed by atoms with Gasteiger partial charge >= 0.3 is 0 Å². The highest BCUT2D eigenvalue weighted by atomic mass is 16.2. The normalized spacial score (nSPS) is 15.6. The third kappa shape index (κ3) is 8.59. The molecule has 0 aromatic heterocycles. The topological polar surface area (TPSA) is 70.2 Å². The van der Waals surface area contributed by atoms with Gasteiger partial charge in [0.05, 0.1) is 12.1 Å². The zero-order chi connectivity index (χ0) is 15.4. The van der Waals surface area contributed by atoms with Gasteiger partial charge in [0.1, 0.15) is 0 Å². The lowest BCUT2D eigenvalue weighted by atomic mass is 10.1. The van der Waals surface area contributed by atoms with Crippen molar-refractivity contribution in [3.05, 3.63) is 0 Å². The zero-order valence-corrected chi connectivity index (χ0v) is 13.5. The van der Waals surface area contributed by atoms with Crippen LogP contribution in [0.4, 0.5) is 0 Å². The molecule has 0 fully saturated rings. The maximum atomic E-state index is 11.9. The van der Waals surface area contributed by atoms with Crippen LogP contribution >= 0.6 is 0 Å². The highest BCUT2D eigenvalue weighted by Gasteiger charge is 2.24. The highest BCUT2D eigenvalue weighted by Crippen LogP contribution is 2.02. The molecule has 0 heterocycles. The molecule has 19 heavy (non-hydrogen) atoms. The third-order valence-corrected chi connectivity index (χ3v) is 2.28. The second-order valence-corrected chi connectivity index (χ2v) is 7.09. The molecule has 0 saturated carbocycles. The zero-order valence-electron chi connectivity index (χ0n) is 13.5. The average molecular weight is 271 g/mol. The molecule has 0 radical (unpaired) electrons. The molecule has 0 aliphatic heterocycles. The number of hydrogen-bond donors (Lipinski definition) is 3. The molecule has 0 aromatic rings. The molecule has 0 rings (SSSR count). The van der Waals surface area contributed by atoms with Gasteiger partial charge in [-0.05, 0) is 55.4 Å². The van der Waals surface area contributed by atoms with E-state index in [1.54, 1.807) is 13.8 Å². The lowest BCUT2D eigenvalue weighted by Crippen LogP contribution is -2.56. The van der Waals surface area contributed by atoms with E-state index in [0.29, 0.717) is 0 Å². The van der Waals surface area contributed by atoms with Gasteiger partial charge in [0.15, 0.2) is 0 Å². The van der Waals surface area contributed by atoms with E-state index in [1.807, 2.05) is 41.5 Å². The number of nitrogens with one attached hydrogen (secondary N) is 3. The smallest absolute Gasteiger partial charge is 0.237 e. The predicted molar refractivity (Wildman–Crippen MR) is 77.9 cm³/mol. The van der Waals surface area contributed by atoms with Crippen LogP contribution in [0.5, 0.6) is 0 Å². The van der Waals surface area contributed by atoms with E-state index in [2.05, 4.69) is 16.0 Å². The molecule has 0 bridgehead atoms. The molecule has 2 unspecified atom stereocenters. The molecule has 112 valence electrons. The molecule has 5 heteroatoms. The van der Waals surface area contributed by atoms with E-state index < -0.39 is 12.1 Å².